The highest BCUT2D eigenvalue weighted by molar-refractivity contribution is 6.31. The molecule has 0 saturated carbocycles. The van der Waals surface area contributed by atoms with Gasteiger partial charge in [-0.05, 0) is 44.1 Å². The van der Waals surface area contributed by atoms with Gasteiger partial charge in [-0.15, -0.1) is 0 Å². The van der Waals surface area contributed by atoms with Crippen LogP contribution in [0.1, 0.15) is 12.8 Å². The van der Waals surface area contributed by atoms with Crippen molar-refractivity contribution in [2.24, 2.45) is 0 Å². The first-order valence-electron chi connectivity index (χ1n) is 6.15. The van der Waals surface area contributed by atoms with Crippen LogP contribution in [0.2, 0.25) is 5.02 Å². The lowest BCUT2D eigenvalue weighted by Crippen LogP contribution is -2.31. The Bertz CT molecular complexity index is 375. The van der Waals surface area contributed by atoms with Gasteiger partial charge in [0.2, 0.25) is 0 Å². The maximum Gasteiger partial charge on any atom is 0.0598 e. The standard InChI is InChI=1S/C13H20ClN3/c1-16(8-9-17-6-2-3-7-17)13-5-4-11(14)10-12(13)15/h4-5,10H,2-3,6-9,15H2,1H3. The molecule has 1 saturated heterocycles. The minimum absolute atomic E-state index is 0.694. The molecule has 0 amide bonds. The smallest absolute Gasteiger partial charge is 0.0598 e. The lowest BCUT2D eigenvalue weighted by molar-refractivity contribution is 0.347. The minimum Gasteiger partial charge on any atom is -0.397 e. The van der Waals surface area contributed by atoms with Gasteiger partial charge in [-0.3, -0.25) is 0 Å². The summed E-state index contributed by atoms with van der Waals surface area (Å²) in [6.07, 6.45) is 2.68. The summed E-state index contributed by atoms with van der Waals surface area (Å²) in [6, 6.07) is 5.69. The average molecular weight is 254 g/mol. The van der Waals surface area contributed by atoms with Gasteiger partial charge < -0.3 is 15.5 Å². The number of rotatable bonds is 4. The van der Waals surface area contributed by atoms with Gasteiger partial charge in [0.1, 0.15) is 0 Å². The summed E-state index contributed by atoms with van der Waals surface area (Å²) in [4.78, 5) is 4.70. The summed E-state index contributed by atoms with van der Waals surface area (Å²) in [6.45, 7) is 4.60. The van der Waals surface area contributed by atoms with Gasteiger partial charge in [0, 0.05) is 25.2 Å². The molecule has 94 valence electrons. The first-order chi connectivity index (χ1) is 8.16. The average Bonchev–Trinajstić information content (AvgIpc) is 2.78. The highest BCUT2D eigenvalue weighted by Crippen LogP contribution is 2.25. The van der Waals surface area contributed by atoms with E-state index in [0.717, 1.165) is 24.5 Å². The van der Waals surface area contributed by atoms with E-state index in [4.69, 9.17) is 17.3 Å². The van der Waals surface area contributed by atoms with Gasteiger partial charge in [0.25, 0.3) is 0 Å². The Labute approximate surface area is 108 Å². The Morgan fingerprint density at radius 2 is 2.06 bits per heavy atom. The number of benzene rings is 1. The van der Waals surface area contributed by atoms with Crippen molar-refractivity contribution in [3.63, 3.8) is 0 Å². The van der Waals surface area contributed by atoms with Crippen LogP contribution in [0.3, 0.4) is 0 Å². The highest BCUT2D eigenvalue weighted by Gasteiger charge is 2.12. The summed E-state index contributed by atoms with van der Waals surface area (Å²) in [7, 11) is 2.08. The number of nitrogen functional groups attached to an aromatic ring is 1. The van der Waals surface area contributed by atoms with Gasteiger partial charge in [-0.25, -0.2) is 0 Å². The topological polar surface area (TPSA) is 32.5 Å². The van der Waals surface area contributed by atoms with Crippen molar-refractivity contribution in [1.29, 1.82) is 0 Å². The molecular weight excluding hydrogens is 234 g/mol. The fourth-order valence-corrected chi connectivity index (χ4v) is 2.47. The number of hydrogen-bond acceptors (Lipinski definition) is 3. The number of likely N-dealkylation sites (tertiary alicyclic amines) is 1. The molecule has 1 heterocycles. The number of halogens is 1. The molecule has 1 aliphatic rings. The van der Waals surface area contributed by atoms with E-state index >= 15 is 0 Å². The number of hydrogen-bond donors (Lipinski definition) is 1. The Balaban J connectivity index is 1.91. The Morgan fingerprint density at radius 1 is 1.35 bits per heavy atom. The van der Waals surface area contributed by atoms with E-state index in [2.05, 4.69) is 16.8 Å². The number of likely N-dealkylation sites (N-methyl/N-ethyl adjacent to an activating group) is 1. The first-order valence-corrected chi connectivity index (χ1v) is 6.53. The largest absolute Gasteiger partial charge is 0.397 e. The van der Waals surface area contributed by atoms with Crippen LogP contribution in [-0.2, 0) is 0 Å². The van der Waals surface area contributed by atoms with Crippen LogP contribution in [0.15, 0.2) is 18.2 Å². The molecule has 0 aliphatic carbocycles. The Hall–Kier alpha value is -0.930. The Morgan fingerprint density at radius 3 is 2.71 bits per heavy atom. The van der Waals surface area contributed by atoms with Crippen LogP contribution < -0.4 is 10.6 Å². The maximum absolute atomic E-state index is 5.97. The summed E-state index contributed by atoms with van der Waals surface area (Å²) in [5.74, 6) is 0. The fourth-order valence-electron chi connectivity index (χ4n) is 2.29. The molecule has 17 heavy (non-hydrogen) atoms. The third kappa shape index (κ3) is 3.27. The van der Waals surface area contributed by atoms with Gasteiger partial charge >= 0.3 is 0 Å². The van der Waals surface area contributed by atoms with E-state index in [1.807, 2.05) is 18.2 Å². The molecule has 2 rings (SSSR count). The van der Waals surface area contributed by atoms with Crippen LogP contribution >= 0.6 is 11.6 Å². The summed E-state index contributed by atoms with van der Waals surface area (Å²) in [5.41, 5.74) is 7.78. The molecule has 0 bridgehead atoms. The van der Waals surface area contributed by atoms with Gasteiger partial charge in [0.15, 0.2) is 0 Å². The number of nitrogens with two attached hydrogens (primary N) is 1. The van der Waals surface area contributed by atoms with Crippen molar-refractivity contribution in [3.05, 3.63) is 23.2 Å². The molecule has 2 N–H and O–H groups in total. The van der Waals surface area contributed by atoms with E-state index in [1.54, 1.807) is 0 Å². The molecule has 0 atom stereocenters. The van der Waals surface area contributed by atoms with Crippen molar-refractivity contribution in [2.45, 2.75) is 12.8 Å². The molecule has 1 aliphatic heterocycles. The molecule has 0 aromatic heterocycles. The predicted molar refractivity (Wildman–Crippen MR) is 74.8 cm³/mol. The van der Waals surface area contributed by atoms with E-state index in [-0.39, 0.29) is 0 Å². The molecule has 1 aromatic rings. The molecule has 0 radical (unpaired) electrons. The molecular formula is C13H20ClN3. The van der Waals surface area contributed by atoms with Gasteiger partial charge in [-0.1, -0.05) is 11.6 Å². The number of anilines is 2. The maximum atomic E-state index is 5.97. The minimum atomic E-state index is 0.694. The van der Waals surface area contributed by atoms with Gasteiger partial charge in [-0.2, -0.15) is 0 Å². The zero-order chi connectivity index (χ0) is 12.3. The van der Waals surface area contributed by atoms with E-state index in [0.29, 0.717) is 5.02 Å². The van der Waals surface area contributed by atoms with Gasteiger partial charge in [0.05, 0.1) is 11.4 Å². The van der Waals surface area contributed by atoms with Crippen molar-refractivity contribution >= 4 is 23.0 Å². The highest BCUT2D eigenvalue weighted by atomic mass is 35.5. The summed E-state index contributed by atoms with van der Waals surface area (Å²) in [5, 5.41) is 0.694. The first kappa shape index (κ1) is 12.5. The van der Waals surface area contributed by atoms with Crippen LogP contribution in [0.25, 0.3) is 0 Å². The van der Waals surface area contributed by atoms with E-state index in [9.17, 15) is 0 Å². The third-order valence-corrected chi connectivity index (χ3v) is 3.59. The lowest BCUT2D eigenvalue weighted by atomic mass is 10.2. The Kier molecular flexibility index (Phi) is 4.13. The van der Waals surface area contributed by atoms with Crippen LogP contribution in [0, 0.1) is 0 Å². The second kappa shape index (κ2) is 5.61. The fraction of sp³-hybridized carbons (Fsp3) is 0.538. The van der Waals surface area contributed by atoms with Crippen molar-refractivity contribution < 1.29 is 0 Å². The normalized spacial score (nSPS) is 16.4. The zero-order valence-corrected chi connectivity index (χ0v) is 11.1. The molecule has 4 heteroatoms. The van der Waals surface area contributed by atoms with Crippen LogP contribution in [0.5, 0.6) is 0 Å². The van der Waals surface area contributed by atoms with Crippen LogP contribution in [-0.4, -0.2) is 38.1 Å². The monoisotopic (exact) mass is 253 g/mol. The predicted octanol–water partition coefficient (Wildman–Crippen LogP) is 2.45. The van der Waals surface area contributed by atoms with E-state index < -0.39 is 0 Å². The summed E-state index contributed by atoms with van der Waals surface area (Å²) >= 11 is 5.90. The second-order valence-corrected chi connectivity index (χ2v) is 5.11. The van der Waals surface area contributed by atoms with Crippen LogP contribution in [0.4, 0.5) is 11.4 Å². The van der Waals surface area contributed by atoms with Crippen molar-refractivity contribution in [1.82, 2.24) is 4.90 Å². The quantitative estimate of drug-likeness (QED) is 0.837. The number of nitrogens with zero attached hydrogens (tertiary/aromatic N) is 2. The molecule has 0 unspecified atom stereocenters. The third-order valence-electron chi connectivity index (χ3n) is 3.35. The lowest BCUT2D eigenvalue weighted by Gasteiger charge is -2.24. The van der Waals surface area contributed by atoms with Crippen molar-refractivity contribution in [3.8, 4) is 0 Å². The molecule has 1 aromatic carbocycles. The zero-order valence-electron chi connectivity index (χ0n) is 10.3. The molecule has 1 fully saturated rings. The molecule has 0 spiro atoms. The van der Waals surface area contributed by atoms with E-state index in [1.165, 1.54) is 25.9 Å². The SMILES string of the molecule is CN(CCN1CCCC1)c1ccc(Cl)cc1N. The summed E-state index contributed by atoms with van der Waals surface area (Å²) < 4.78 is 0. The van der Waals surface area contributed by atoms with Crippen molar-refractivity contribution in [2.75, 3.05) is 43.9 Å². The second-order valence-electron chi connectivity index (χ2n) is 4.67. The molecule has 3 nitrogen and oxygen atoms in total.